The molecule has 0 aliphatic heterocycles. The number of carbonyl (C=O) groups is 1. The van der Waals surface area contributed by atoms with Crippen molar-refractivity contribution in [2.24, 2.45) is 0 Å². The van der Waals surface area contributed by atoms with Crippen LogP contribution in [0.25, 0.3) is 0 Å². The molecule has 1 aromatic rings. The zero-order valence-corrected chi connectivity index (χ0v) is 13.2. The predicted molar refractivity (Wildman–Crippen MR) is 81.7 cm³/mol. The van der Waals surface area contributed by atoms with Crippen LogP contribution in [-0.4, -0.2) is 25.0 Å². The van der Waals surface area contributed by atoms with Gasteiger partial charge in [-0.05, 0) is 66.9 Å². The van der Waals surface area contributed by atoms with Crippen LogP contribution < -0.4 is 10.6 Å². The summed E-state index contributed by atoms with van der Waals surface area (Å²) in [6.45, 7) is 0. The fourth-order valence-electron chi connectivity index (χ4n) is 2.43. The number of rotatable bonds is 3. The highest BCUT2D eigenvalue weighted by atomic mass is 79.9. The smallest absolute Gasteiger partial charge is 0.251 e. The third-order valence-electron chi connectivity index (χ3n) is 3.65. The first kappa shape index (κ1) is 14.8. The average molecular weight is 346 g/mol. The molecule has 0 heterocycles. The molecule has 2 rings (SSSR count). The van der Waals surface area contributed by atoms with Gasteiger partial charge in [-0.3, -0.25) is 4.79 Å². The molecule has 0 unspecified atom stereocenters. The van der Waals surface area contributed by atoms with Crippen LogP contribution >= 0.6 is 27.5 Å². The van der Waals surface area contributed by atoms with Gasteiger partial charge in [0.25, 0.3) is 5.91 Å². The molecule has 1 aromatic carbocycles. The van der Waals surface area contributed by atoms with Crippen molar-refractivity contribution in [1.82, 2.24) is 10.6 Å². The summed E-state index contributed by atoms with van der Waals surface area (Å²) in [5.41, 5.74) is 0.615. The molecule has 0 radical (unpaired) electrons. The Morgan fingerprint density at radius 1 is 1.26 bits per heavy atom. The number of carbonyl (C=O) groups excluding carboxylic acids is 1. The van der Waals surface area contributed by atoms with Crippen LogP contribution in [0, 0.1) is 0 Å². The van der Waals surface area contributed by atoms with E-state index in [0.717, 1.165) is 30.2 Å². The Morgan fingerprint density at radius 3 is 2.47 bits per heavy atom. The largest absolute Gasteiger partial charge is 0.349 e. The fourth-order valence-corrected chi connectivity index (χ4v) is 2.86. The molecule has 0 spiro atoms. The lowest BCUT2D eigenvalue weighted by Gasteiger charge is -2.28. The maximum atomic E-state index is 12.1. The number of hydrogen-bond donors (Lipinski definition) is 2. The van der Waals surface area contributed by atoms with Gasteiger partial charge in [0.05, 0.1) is 5.02 Å². The van der Waals surface area contributed by atoms with Crippen molar-refractivity contribution >= 4 is 33.4 Å². The van der Waals surface area contributed by atoms with Crippen LogP contribution in [0.1, 0.15) is 36.0 Å². The minimum absolute atomic E-state index is 0.0395. The lowest BCUT2D eigenvalue weighted by Crippen LogP contribution is -2.41. The Bertz CT molecular complexity index is 459. The third-order valence-corrected chi connectivity index (χ3v) is 4.88. The van der Waals surface area contributed by atoms with E-state index in [-0.39, 0.29) is 11.9 Å². The molecule has 5 heteroatoms. The Kier molecular flexibility index (Phi) is 5.25. The molecule has 0 atom stereocenters. The minimum Gasteiger partial charge on any atom is -0.349 e. The molecule has 104 valence electrons. The summed E-state index contributed by atoms with van der Waals surface area (Å²) in [6.07, 6.45) is 4.29. The Labute approximate surface area is 127 Å². The van der Waals surface area contributed by atoms with Crippen LogP contribution in [0.2, 0.25) is 5.02 Å². The molecule has 0 bridgehead atoms. The van der Waals surface area contributed by atoms with E-state index in [1.807, 2.05) is 7.05 Å². The van der Waals surface area contributed by atoms with Crippen molar-refractivity contribution in [3.8, 4) is 0 Å². The van der Waals surface area contributed by atoms with E-state index in [4.69, 9.17) is 11.6 Å². The molecule has 0 aromatic heterocycles. The molecule has 1 aliphatic carbocycles. The van der Waals surface area contributed by atoms with Crippen LogP contribution in [0.4, 0.5) is 0 Å². The molecule has 19 heavy (non-hydrogen) atoms. The summed E-state index contributed by atoms with van der Waals surface area (Å²) in [4.78, 5) is 12.1. The fraction of sp³-hybridized carbons (Fsp3) is 0.500. The van der Waals surface area contributed by atoms with Crippen LogP contribution in [0.5, 0.6) is 0 Å². The lowest BCUT2D eigenvalue weighted by atomic mass is 9.91. The Balaban J connectivity index is 1.92. The minimum atomic E-state index is -0.0395. The SMILES string of the molecule is CNC1CCC(NC(=O)c2ccc(Br)c(Cl)c2)CC1. The predicted octanol–water partition coefficient (Wildman–Crippen LogP) is 3.36. The van der Waals surface area contributed by atoms with Crippen molar-refractivity contribution in [3.05, 3.63) is 33.3 Å². The molecular weight excluding hydrogens is 328 g/mol. The summed E-state index contributed by atoms with van der Waals surface area (Å²) in [6, 6.07) is 6.15. The Morgan fingerprint density at radius 2 is 1.89 bits per heavy atom. The summed E-state index contributed by atoms with van der Waals surface area (Å²) in [5, 5.41) is 6.94. The maximum Gasteiger partial charge on any atom is 0.251 e. The maximum absolute atomic E-state index is 12.1. The summed E-state index contributed by atoms with van der Waals surface area (Å²) >= 11 is 9.32. The average Bonchev–Trinajstić information content (AvgIpc) is 2.42. The monoisotopic (exact) mass is 344 g/mol. The number of halogens is 2. The van der Waals surface area contributed by atoms with Gasteiger partial charge in [0.15, 0.2) is 0 Å². The van der Waals surface area contributed by atoms with Gasteiger partial charge in [-0.25, -0.2) is 0 Å². The number of hydrogen-bond acceptors (Lipinski definition) is 2. The van der Waals surface area contributed by atoms with E-state index in [9.17, 15) is 4.79 Å². The highest BCUT2D eigenvalue weighted by Crippen LogP contribution is 2.24. The first-order valence-electron chi connectivity index (χ1n) is 6.53. The van der Waals surface area contributed by atoms with E-state index < -0.39 is 0 Å². The first-order valence-corrected chi connectivity index (χ1v) is 7.70. The van der Waals surface area contributed by atoms with Gasteiger partial charge in [0.1, 0.15) is 0 Å². The number of benzene rings is 1. The highest BCUT2D eigenvalue weighted by molar-refractivity contribution is 9.10. The van der Waals surface area contributed by atoms with Crippen LogP contribution in [0.3, 0.4) is 0 Å². The molecule has 2 N–H and O–H groups in total. The molecule has 1 aliphatic rings. The van der Waals surface area contributed by atoms with E-state index in [1.165, 1.54) is 0 Å². The zero-order valence-electron chi connectivity index (χ0n) is 10.9. The molecule has 3 nitrogen and oxygen atoms in total. The van der Waals surface area contributed by atoms with Gasteiger partial charge >= 0.3 is 0 Å². The number of nitrogens with one attached hydrogen (secondary N) is 2. The second-order valence-corrected chi connectivity index (χ2v) is 6.20. The van der Waals surface area contributed by atoms with Gasteiger partial charge in [0, 0.05) is 22.1 Å². The molecule has 0 saturated heterocycles. The topological polar surface area (TPSA) is 41.1 Å². The van der Waals surface area contributed by atoms with Gasteiger partial charge in [-0.15, -0.1) is 0 Å². The van der Waals surface area contributed by atoms with E-state index in [1.54, 1.807) is 18.2 Å². The number of amides is 1. The van der Waals surface area contributed by atoms with E-state index >= 15 is 0 Å². The van der Waals surface area contributed by atoms with Gasteiger partial charge < -0.3 is 10.6 Å². The van der Waals surface area contributed by atoms with E-state index in [0.29, 0.717) is 16.6 Å². The Hall–Kier alpha value is -0.580. The normalized spacial score (nSPS) is 23.1. The second kappa shape index (κ2) is 6.73. The summed E-state index contributed by atoms with van der Waals surface area (Å²) < 4.78 is 0.806. The van der Waals surface area contributed by atoms with Gasteiger partial charge in [-0.2, -0.15) is 0 Å². The van der Waals surface area contributed by atoms with Gasteiger partial charge in [0.2, 0.25) is 0 Å². The summed E-state index contributed by atoms with van der Waals surface area (Å²) in [7, 11) is 1.99. The zero-order chi connectivity index (χ0) is 13.8. The third kappa shape index (κ3) is 3.94. The van der Waals surface area contributed by atoms with Crippen molar-refractivity contribution in [2.45, 2.75) is 37.8 Å². The molecule has 1 fully saturated rings. The quantitative estimate of drug-likeness (QED) is 0.882. The van der Waals surface area contributed by atoms with Gasteiger partial charge in [-0.1, -0.05) is 11.6 Å². The summed E-state index contributed by atoms with van der Waals surface area (Å²) in [5.74, 6) is -0.0395. The highest BCUT2D eigenvalue weighted by Gasteiger charge is 2.21. The molecular formula is C14H18BrClN2O. The first-order chi connectivity index (χ1) is 9.10. The van der Waals surface area contributed by atoms with Crippen LogP contribution in [0.15, 0.2) is 22.7 Å². The van der Waals surface area contributed by atoms with Crippen molar-refractivity contribution in [1.29, 1.82) is 0 Å². The van der Waals surface area contributed by atoms with Crippen LogP contribution in [-0.2, 0) is 0 Å². The second-order valence-electron chi connectivity index (χ2n) is 4.94. The lowest BCUT2D eigenvalue weighted by molar-refractivity contribution is 0.0924. The van der Waals surface area contributed by atoms with Crippen molar-refractivity contribution in [3.63, 3.8) is 0 Å². The molecule has 1 amide bonds. The van der Waals surface area contributed by atoms with Crippen molar-refractivity contribution < 1.29 is 4.79 Å². The standard InChI is InChI=1S/C14H18BrClN2O/c1-17-10-3-5-11(6-4-10)18-14(19)9-2-7-12(15)13(16)8-9/h2,7-8,10-11,17H,3-6H2,1H3,(H,18,19). The van der Waals surface area contributed by atoms with E-state index in [2.05, 4.69) is 26.6 Å². The molecule has 1 saturated carbocycles. The van der Waals surface area contributed by atoms with Crippen molar-refractivity contribution in [2.75, 3.05) is 7.05 Å².